The van der Waals surface area contributed by atoms with E-state index in [2.05, 4.69) is 34.7 Å². The van der Waals surface area contributed by atoms with E-state index in [0.717, 1.165) is 129 Å². The monoisotopic (exact) mass is 850 g/mol. The highest BCUT2D eigenvalue weighted by molar-refractivity contribution is 6.23. The van der Waals surface area contributed by atoms with Crippen LogP contribution in [-0.2, 0) is 9.59 Å². The van der Waals surface area contributed by atoms with E-state index in [1.54, 1.807) is 6.07 Å². The van der Waals surface area contributed by atoms with Crippen molar-refractivity contribution < 1.29 is 23.9 Å². The second-order valence-electron chi connectivity index (χ2n) is 17.8. The molecule has 0 bridgehead atoms. The SMILES string of the molecule is Nc1ncnc2c1c(-c1ccc(Oc3ccccc3)cc1)nn2C1CCN(C2CCN(CCCN3CCC(c4ccc5c(c4)C(=O)N(C4CCC(=O)NC4=O)C5=O)CC3)CC2)CC1. The molecule has 0 spiro atoms. The topological polar surface area (TPSA) is 172 Å². The molecule has 5 aromatic rings. The molecule has 2 aromatic heterocycles. The van der Waals surface area contributed by atoms with Gasteiger partial charge in [-0.25, -0.2) is 14.6 Å². The number of hydrogen-bond acceptors (Lipinski definition) is 12. The van der Waals surface area contributed by atoms with Gasteiger partial charge in [-0.2, -0.15) is 5.10 Å². The van der Waals surface area contributed by atoms with Crippen LogP contribution in [0.2, 0.25) is 0 Å². The summed E-state index contributed by atoms with van der Waals surface area (Å²) >= 11 is 0. The molecule has 15 heteroatoms. The predicted molar refractivity (Wildman–Crippen MR) is 237 cm³/mol. The maximum Gasteiger partial charge on any atom is 0.262 e. The Morgan fingerprint density at radius 2 is 1.37 bits per heavy atom. The van der Waals surface area contributed by atoms with Crippen LogP contribution in [-0.4, -0.2) is 127 Å². The Balaban J connectivity index is 0.667. The zero-order chi connectivity index (χ0) is 43.0. The molecule has 10 rings (SSSR count). The van der Waals surface area contributed by atoms with Crippen molar-refractivity contribution in [1.82, 2.24) is 44.7 Å². The summed E-state index contributed by atoms with van der Waals surface area (Å²) in [6.45, 7) is 8.53. The Bertz CT molecular complexity index is 2500. The van der Waals surface area contributed by atoms with Crippen LogP contribution in [0.1, 0.15) is 96.0 Å². The van der Waals surface area contributed by atoms with Gasteiger partial charge < -0.3 is 25.2 Å². The lowest BCUT2D eigenvalue weighted by Gasteiger charge is -2.42. The molecular formula is C48H54N10O5. The van der Waals surface area contributed by atoms with Crippen LogP contribution < -0.4 is 15.8 Å². The van der Waals surface area contributed by atoms with Crippen molar-refractivity contribution in [2.45, 2.75) is 81.8 Å². The van der Waals surface area contributed by atoms with Crippen LogP contribution in [0.4, 0.5) is 5.82 Å². The van der Waals surface area contributed by atoms with E-state index in [-0.39, 0.29) is 24.8 Å². The van der Waals surface area contributed by atoms with Gasteiger partial charge in [-0.15, -0.1) is 0 Å². The number of carbonyl (C=O) groups excluding carboxylic acids is 4. The number of hydrogen-bond donors (Lipinski definition) is 2. The molecule has 3 N–H and O–H groups in total. The molecule has 1 unspecified atom stereocenters. The fraction of sp³-hybridized carbons (Fsp3) is 0.438. The van der Waals surface area contributed by atoms with Gasteiger partial charge in [0.1, 0.15) is 35.4 Å². The lowest BCUT2D eigenvalue weighted by atomic mass is 9.87. The molecule has 0 aliphatic carbocycles. The summed E-state index contributed by atoms with van der Waals surface area (Å²) < 4.78 is 8.12. The maximum atomic E-state index is 13.4. The predicted octanol–water partition coefficient (Wildman–Crippen LogP) is 5.64. The van der Waals surface area contributed by atoms with Gasteiger partial charge in [0.15, 0.2) is 5.65 Å². The number of imide groups is 2. The van der Waals surface area contributed by atoms with Crippen LogP contribution in [0, 0.1) is 0 Å². The van der Waals surface area contributed by atoms with Gasteiger partial charge in [0.25, 0.3) is 11.8 Å². The number of likely N-dealkylation sites (tertiary alicyclic amines) is 3. The Morgan fingerprint density at radius 1 is 0.698 bits per heavy atom. The third kappa shape index (κ3) is 8.32. The third-order valence-corrected chi connectivity index (χ3v) is 14.0. The average molecular weight is 851 g/mol. The highest BCUT2D eigenvalue weighted by atomic mass is 16.5. The fourth-order valence-electron chi connectivity index (χ4n) is 10.5. The number of para-hydroxylation sites is 1. The highest BCUT2D eigenvalue weighted by Crippen LogP contribution is 2.37. The minimum absolute atomic E-state index is 0.111. The number of aromatic nitrogens is 4. The molecule has 4 fully saturated rings. The molecule has 326 valence electrons. The zero-order valence-electron chi connectivity index (χ0n) is 35.5. The molecule has 0 saturated carbocycles. The summed E-state index contributed by atoms with van der Waals surface area (Å²) in [6, 6.07) is 23.2. The van der Waals surface area contributed by atoms with E-state index in [0.29, 0.717) is 28.9 Å². The largest absolute Gasteiger partial charge is 0.457 e. The quantitative estimate of drug-likeness (QED) is 0.157. The standard InChI is InChI=1S/C48H54N10O5/c49-44-42-43(32-7-10-37(11-8-32)63-36-5-2-1-3-6-36)53-58(45(42)51-30-50-44)35-19-27-56(28-20-35)34-17-25-55(26-18-34)22-4-21-54-23-15-31(16-24-54)33-9-12-38-39(29-33)48(62)57(47(38)61)40-13-14-41(59)52-46(40)60/h1-3,5-12,29-31,34-35,40H,4,13-28H2,(H2,49,50,51)(H,52,59,60). The Morgan fingerprint density at radius 3 is 2.08 bits per heavy atom. The Labute approximate surface area is 366 Å². The second-order valence-corrected chi connectivity index (χ2v) is 17.8. The molecule has 5 aliphatic rings. The molecule has 15 nitrogen and oxygen atoms in total. The van der Waals surface area contributed by atoms with Crippen molar-refractivity contribution in [2.75, 3.05) is 58.1 Å². The molecule has 5 aliphatic heterocycles. The van der Waals surface area contributed by atoms with Gasteiger partial charge in [0, 0.05) is 31.1 Å². The van der Waals surface area contributed by atoms with E-state index in [4.69, 9.17) is 15.6 Å². The van der Waals surface area contributed by atoms with Gasteiger partial charge in [-0.05, 0) is 151 Å². The van der Waals surface area contributed by atoms with E-state index >= 15 is 0 Å². The van der Waals surface area contributed by atoms with Crippen LogP contribution >= 0.6 is 0 Å². The lowest BCUT2D eigenvalue weighted by molar-refractivity contribution is -0.136. The Hall–Kier alpha value is -6.03. The first kappa shape index (κ1) is 41.0. The number of anilines is 1. The molecule has 3 aromatic carbocycles. The minimum Gasteiger partial charge on any atom is -0.457 e. The van der Waals surface area contributed by atoms with E-state index < -0.39 is 23.8 Å². The van der Waals surface area contributed by atoms with Crippen LogP contribution in [0.5, 0.6) is 11.5 Å². The first-order valence-electron chi connectivity index (χ1n) is 22.6. The smallest absolute Gasteiger partial charge is 0.262 e. The number of benzene rings is 3. The number of nitrogens with one attached hydrogen (secondary N) is 1. The summed E-state index contributed by atoms with van der Waals surface area (Å²) in [7, 11) is 0. The van der Waals surface area contributed by atoms with Crippen LogP contribution in [0.25, 0.3) is 22.3 Å². The summed E-state index contributed by atoms with van der Waals surface area (Å²) in [5.41, 5.74) is 10.8. The van der Waals surface area contributed by atoms with Crippen molar-refractivity contribution >= 4 is 40.5 Å². The summed E-state index contributed by atoms with van der Waals surface area (Å²) in [5.74, 6) is 0.440. The van der Waals surface area contributed by atoms with Gasteiger partial charge in [0.05, 0.1) is 22.6 Å². The van der Waals surface area contributed by atoms with Crippen molar-refractivity contribution in [3.63, 3.8) is 0 Å². The molecule has 1 atom stereocenters. The van der Waals surface area contributed by atoms with Gasteiger partial charge in [-0.3, -0.25) is 29.4 Å². The maximum absolute atomic E-state index is 13.4. The molecule has 4 amide bonds. The third-order valence-electron chi connectivity index (χ3n) is 14.0. The number of carbonyl (C=O) groups is 4. The zero-order valence-corrected chi connectivity index (χ0v) is 35.5. The first-order valence-corrected chi connectivity index (χ1v) is 22.6. The second kappa shape index (κ2) is 17.6. The van der Waals surface area contributed by atoms with E-state index in [1.165, 1.54) is 19.2 Å². The molecule has 0 radical (unpaired) electrons. The number of fused-ring (bicyclic) bond motifs is 2. The molecular weight excluding hydrogens is 797 g/mol. The average Bonchev–Trinajstić information content (AvgIpc) is 3.82. The molecule has 7 heterocycles. The van der Waals surface area contributed by atoms with Gasteiger partial charge in [0.2, 0.25) is 11.8 Å². The minimum atomic E-state index is -0.947. The van der Waals surface area contributed by atoms with Crippen LogP contribution in [0.15, 0.2) is 79.1 Å². The normalized spacial score (nSPS) is 21.3. The number of piperidine rings is 4. The summed E-state index contributed by atoms with van der Waals surface area (Å²) in [6.07, 6.45) is 9.35. The van der Waals surface area contributed by atoms with Crippen LogP contribution in [0.3, 0.4) is 0 Å². The first-order chi connectivity index (χ1) is 30.8. The van der Waals surface area contributed by atoms with Crippen molar-refractivity contribution in [2.24, 2.45) is 0 Å². The summed E-state index contributed by atoms with van der Waals surface area (Å²) in [4.78, 5) is 68.6. The number of nitrogens with zero attached hydrogens (tertiary/aromatic N) is 8. The van der Waals surface area contributed by atoms with Crippen molar-refractivity contribution in [3.05, 3.63) is 95.8 Å². The molecule has 63 heavy (non-hydrogen) atoms. The van der Waals surface area contributed by atoms with E-state index in [9.17, 15) is 19.2 Å². The van der Waals surface area contributed by atoms with E-state index in [1.807, 2.05) is 66.7 Å². The van der Waals surface area contributed by atoms with Gasteiger partial charge in [-0.1, -0.05) is 24.3 Å². The lowest BCUT2D eigenvalue weighted by Crippen LogP contribution is -2.54. The van der Waals surface area contributed by atoms with Crippen molar-refractivity contribution in [1.29, 1.82) is 0 Å². The number of amides is 4. The number of nitrogens with two attached hydrogens (primary N) is 1. The highest BCUT2D eigenvalue weighted by Gasteiger charge is 2.45. The number of nitrogen functional groups attached to an aromatic ring is 1. The Kier molecular flexibility index (Phi) is 11.5. The number of rotatable bonds is 11. The summed E-state index contributed by atoms with van der Waals surface area (Å²) in [5, 5.41) is 8.21. The van der Waals surface area contributed by atoms with Gasteiger partial charge >= 0.3 is 0 Å². The van der Waals surface area contributed by atoms with Crippen molar-refractivity contribution in [3.8, 4) is 22.8 Å². The molecule has 4 saturated heterocycles. The fourth-order valence-corrected chi connectivity index (χ4v) is 10.5. The number of ether oxygens (including phenoxy) is 1.